The predicted octanol–water partition coefficient (Wildman–Crippen LogP) is 2.52. The summed E-state index contributed by atoms with van der Waals surface area (Å²) < 4.78 is 0. The summed E-state index contributed by atoms with van der Waals surface area (Å²) in [5, 5.41) is 0. The highest BCUT2D eigenvalue weighted by Gasteiger charge is 1.92. The van der Waals surface area contributed by atoms with Gasteiger partial charge in [0.05, 0.1) is 0 Å². The van der Waals surface area contributed by atoms with E-state index in [2.05, 4.69) is 18.0 Å². The Labute approximate surface area is 81.2 Å². The van der Waals surface area contributed by atoms with Crippen molar-refractivity contribution >= 4 is 5.71 Å². The average molecular weight is 180 g/mol. The van der Waals surface area contributed by atoms with Crippen LogP contribution in [-0.2, 0) is 0 Å². The standard InChI is InChI=1S/C11H20N2/c1-9(2)13-8-10(3)6-5-7-11(4)12/h5-7,10H,8,12H2,1-4H3/b6-5-,11-7+. The van der Waals surface area contributed by atoms with Crippen LogP contribution in [0.4, 0.5) is 0 Å². The monoisotopic (exact) mass is 180 g/mol. The van der Waals surface area contributed by atoms with Crippen molar-refractivity contribution in [3.8, 4) is 0 Å². The van der Waals surface area contributed by atoms with E-state index in [4.69, 9.17) is 5.73 Å². The van der Waals surface area contributed by atoms with E-state index < -0.39 is 0 Å². The number of nitrogens with two attached hydrogens (primary N) is 1. The van der Waals surface area contributed by atoms with Crippen LogP contribution in [0.2, 0.25) is 0 Å². The van der Waals surface area contributed by atoms with E-state index in [9.17, 15) is 0 Å². The molecule has 0 radical (unpaired) electrons. The van der Waals surface area contributed by atoms with Crippen molar-refractivity contribution in [2.75, 3.05) is 6.54 Å². The summed E-state index contributed by atoms with van der Waals surface area (Å²) in [4.78, 5) is 4.34. The Balaban J connectivity index is 3.87. The molecule has 0 heterocycles. The Kier molecular flexibility index (Phi) is 5.94. The lowest BCUT2D eigenvalue weighted by molar-refractivity contribution is 0.741. The maximum Gasteiger partial charge on any atom is 0.0448 e. The fraction of sp³-hybridized carbons (Fsp3) is 0.545. The van der Waals surface area contributed by atoms with Gasteiger partial charge in [0, 0.05) is 18.0 Å². The molecular formula is C11H20N2. The first-order valence-corrected chi connectivity index (χ1v) is 4.60. The van der Waals surface area contributed by atoms with Crippen LogP contribution in [0.25, 0.3) is 0 Å². The van der Waals surface area contributed by atoms with Crippen LogP contribution in [0.1, 0.15) is 27.7 Å². The van der Waals surface area contributed by atoms with Crippen LogP contribution in [-0.4, -0.2) is 12.3 Å². The molecule has 0 spiro atoms. The zero-order valence-electron chi connectivity index (χ0n) is 9.04. The third kappa shape index (κ3) is 8.86. The van der Waals surface area contributed by atoms with Gasteiger partial charge in [-0.15, -0.1) is 0 Å². The van der Waals surface area contributed by atoms with E-state index in [1.807, 2.05) is 32.9 Å². The molecule has 0 aliphatic rings. The van der Waals surface area contributed by atoms with Crippen molar-refractivity contribution in [1.82, 2.24) is 0 Å². The number of allylic oxidation sites excluding steroid dienone is 3. The molecule has 0 aliphatic carbocycles. The lowest BCUT2D eigenvalue weighted by atomic mass is 10.1. The minimum atomic E-state index is 0.477. The third-order valence-corrected chi connectivity index (χ3v) is 1.49. The molecule has 2 heteroatoms. The van der Waals surface area contributed by atoms with Crippen LogP contribution in [0.3, 0.4) is 0 Å². The lowest BCUT2D eigenvalue weighted by Crippen LogP contribution is -1.97. The van der Waals surface area contributed by atoms with E-state index in [1.165, 1.54) is 0 Å². The summed E-state index contributed by atoms with van der Waals surface area (Å²) in [5.41, 5.74) is 7.45. The van der Waals surface area contributed by atoms with Gasteiger partial charge in [-0.1, -0.05) is 19.1 Å². The first-order chi connectivity index (χ1) is 6.02. The minimum Gasteiger partial charge on any atom is -0.402 e. The topological polar surface area (TPSA) is 38.4 Å². The quantitative estimate of drug-likeness (QED) is 0.524. The van der Waals surface area contributed by atoms with Gasteiger partial charge >= 0.3 is 0 Å². The second-order valence-corrected chi connectivity index (χ2v) is 3.56. The molecule has 0 rings (SSSR count). The Hall–Kier alpha value is -1.05. The molecule has 0 amide bonds. The highest BCUT2D eigenvalue weighted by Crippen LogP contribution is 1.98. The maximum atomic E-state index is 5.48. The largest absolute Gasteiger partial charge is 0.402 e. The van der Waals surface area contributed by atoms with E-state index >= 15 is 0 Å². The van der Waals surface area contributed by atoms with Gasteiger partial charge in [0.2, 0.25) is 0 Å². The van der Waals surface area contributed by atoms with E-state index in [0.717, 1.165) is 18.0 Å². The first kappa shape index (κ1) is 11.9. The molecule has 0 aromatic rings. The molecule has 1 unspecified atom stereocenters. The number of rotatable bonds is 4. The highest BCUT2D eigenvalue weighted by atomic mass is 14.7. The van der Waals surface area contributed by atoms with Gasteiger partial charge in [0.15, 0.2) is 0 Å². The molecule has 1 atom stereocenters. The Morgan fingerprint density at radius 2 is 2.00 bits per heavy atom. The predicted molar refractivity (Wildman–Crippen MR) is 59.9 cm³/mol. The van der Waals surface area contributed by atoms with Gasteiger partial charge in [-0.3, -0.25) is 4.99 Å². The van der Waals surface area contributed by atoms with E-state index in [0.29, 0.717) is 5.92 Å². The van der Waals surface area contributed by atoms with Gasteiger partial charge in [-0.25, -0.2) is 0 Å². The van der Waals surface area contributed by atoms with Crippen LogP contribution in [0.5, 0.6) is 0 Å². The molecule has 2 N–H and O–H groups in total. The molecule has 0 saturated heterocycles. The van der Waals surface area contributed by atoms with Crippen molar-refractivity contribution in [2.45, 2.75) is 27.7 Å². The number of aliphatic imine (C=N–C) groups is 1. The minimum absolute atomic E-state index is 0.477. The molecular weight excluding hydrogens is 160 g/mol. The first-order valence-electron chi connectivity index (χ1n) is 4.60. The molecule has 74 valence electrons. The van der Waals surface area contributed by atoms with Crippen molar-refractivity contribution in [2.24, 2.45) is 16.6 Å². The Morgan fingerprint density at radius 3 is 2.46 bits per heavy atom. The van der Waals surface area contributed by atoms with Crippen molar-refractivity contribution in [3.63, 3.8) is 0 Å². The third-order valence-electron chi connectivity index (χ3n) is 1.49. The zero-order chi connectivity index (χ0) is 10.3. The second-order valence-electron chi connectivity index (χ2n) is 3.56. The lowest BCUT2D eigenvalue weighted by Gasteiger charge is -2.00. The highest BCUT2D eigenvalue weighted by molar-refractivity contribution is 5.79. The van der Waals surface area contributed by atoms with Crippen molar-refractivity contribution in [3.05, 3.63) is 23.9 Å². The van der Waals surface area contributed by atoms with E-state index in [-0.39, 0.29) is 0 Å². The van der Waals surface area contributed by atoms with Gasteiger partial charge in [-0.05, 0) is 32.8 Å². The van der Waals surface area contributed by atoms with Gasteiger partial charge < -0.3 is 5.73 Å². The Morgan fingerprint density at radius 1 is 1.38 bits per heavy atom. The summed E-state index contributed by atoms with van der Waals surface area (Å²) in [6.07, 6.45) is 6.00. The molecule has 13 heavy (non-hydrogen) atoms. The van der Waals surface area contributed by atoms with Gasteiger partial charge in [-0.2, -0.15) is 0 Å². The smallest absolute Gasteiger partial charge is 0.0448 e. The fourth-order valence-corrected chi connectivity index (χ4v) is 0.784. The van der Waals surface area contributed by atoms with Crippen molar-refractivity contribution in [1.29, 1.82) is 0 Å². The molecule has 2 nitrogen and oxygen atoms in total. The summed E-state index contributed by atoms with van der Waals surface area (Å²) in [7, 11) is 0. The molecule has 0 aromatic heterocycles. The van der Waals surface area contributed by atoms with Crippen molar-refractivity contribution < 1.29 is 0 Å². The average Bonchev–Trinajstić information content (AvgIpc) is 2.00. The van der Waals surface area contributed by atoms with Crippen LogP contribution >= 0.6 is 0 Å². The van der Waals surface area contributed by atoms with Crippen LogP contribution in [0, 0.1) is 5.92 Å². The fourth-order valence-electron chi connectivity index (χ4n) is 0.784. The van der Waals surface area contributed by atoms with Gasteiger partial charge in [0.25, 0.3) is 0 Å². The molecule has 0 bridgehead atoms. The Bertz CT molecular complexity index is 216. The summed E-state index contributed by atoms with van der Waals surface area (Å²) >= 11 is 0. The maximum absolute atomic E-state index is 5.48. The molecule has 0 aliphatic heterocycles. The SMILES string of the molecule is CC(C)=NCC(C)/C=C\C=C(/C)N. The number of hydrogen-bond donors (Lipinski definition) is 1. The number of nitrogens with zero attached hydrogens (tertiary/aromatic N) is 1. The molecule has 0 fully saturated rings. The summed E-state index contributed by atoms with van der Waals surface area (Å²) in [6.45, 7) is 8.91. The van der Waals surface area contributed by atoms with Crippen LogP contribution in [0.15, 0.2) is 28.9 Å². The molecule has 0 aromatic carbocycles. The van der Waals surface area contributed by atoms with E-state index in [1.54, 1.807) is 0 Å². The summed E-state index contributed by atoms with van der Waals surface area (Å²) in [6, 6.07) is 0. The molecule has 0 saturated carbocycles. The summed E-state index contributed by atoms with van der Waals surface area (Å²) in [5.74, 6) is 0.477. The zero-order valence-corrected chi connectivity index (χ0v) is 9.04. The van der Waals surface area contributed by atoms with Gasteiger partial charge in [0.1, 0.15) is 0 Å². The number of hydrogen-bond acceptors (Lipinski definition) is 2. The normalized spacial score (nSPS) is 14.6. The van der Waals surface area contributed by atoms with Crippen LogP contribution < -0.4 is 5.73 Å². The second kappa shape index (κ2) is 6.46.